The Morgan fingerprint density at radius 1 is 1.50 bits per heavy atom. The Labute approximate surface area is 107 Å². The first kappa shape index (κ1) is 14.0. The van der Waals surface area contributed by atoms with Crippen molar-refractivity contribution in [3.63, 3.8) is 0 Å². The van der Waals surface area contributed by atoms with Gasteiger partial charge in [-0.1, -0.05) is 36.2 Å². The van der Waals surface area contributed by atoms with E-state index in [9.17, 15) is 4.79 Å². The van der Waals surface area contributed by atoms with Crippen molar-refractivity contribution in [2.75, 3.05) is 20.1 Å². The van der Waals surface area contributed by atoms with E-state index in [0.717, 1.165) is 13.1 Å². The first-order chi connectivity index (χ1) is 7.52. The number of hydrogen-bond donors (Lipinski definition) is 1. The average molecular weight is 291 g/mol. The van der Waals surface area contributed by atoms with Crippen LogP contribution in [-0.4, -0.2) is 41.8 Å². The molecule has 1 rings (SSSR count). The predicted octanol–water partition coefficient (Wildman–Crippen LogP) is 2.01. The molecular formula is C12H23BrN2O. The molecule has 1 fully saturated rings. The first-order valence-electron chi connectivity index (χ1n) is 6.14. The fraction of sp³-hybridized carbons (Fsp3) is 0.917. The highest BCUT2D eigenvalue weighted by Gasteiger charge is 2.22. The third kappa shape index (κ3) is 4.06. The standard InChI is InChI=1S/C12H23BrN2O/c1-9(2)11(13)12(16)14-8-10-6-4-5-7-15(10)3/h9-11H,4-8H2,1-3H3,(H,14,16). The minimum Gasteiger partial charge on any atom is -0.354 e. The molecule has 1 amide bonds. The number of amides is 1. The number of nitrogens with zero attached hydrogens (tertiary/aromatic N) is 1. The molecule has 1 saturated heterocycles. The number of carbonyl (C=O) groups excluding carboxylic acids is 1. The second-order valence-electron chi connectivity index (χ2n) is 5.02. The molecule has 0 aromatic rings. The molecule has 2 unspecified atom stereocenters. The molecule has 3 nitrogen and oxygen atoms in total. The van der Waals surface area contributed by atoms with Gasteiger partial charge in [0.25, 0.3) is 0 Å². The molecule has 0 saturated carbocycles. The molecule has 94 valence electrons. The lowest BCUT2D eigenvalue weighted by Crippen LogP contribution is -2.46. The number of alkyl halides is 1. The number of likely N-dealkylation sites (N-methyl/N-ethyl adjacent to an activating group) is 1. The third-order valence-electron chi connectivity index (χ3n) is 3.27. The summed E-state index contributed by atoms with van der Waals surface area (Å²) in [5.74, 6) is 0.457. The fourth-order valence-corrected chi connectivity index (χ4v) is 2.18. The van der Waals surface area contributed by atoms with Crippen molar-refractivity contribution >= 4 is 21.8 Å². The molecule has 4 heteroatoms. The van der Waals surface area contributed by atoms with Crippen molar-refractivity contribution in [3.05, 3.63) is 0 Å². The van der Waals surface area contributed by atoms with E-state index in [4.69, 9.17) is 0 Å². The van der Waals surface area contributed by atoms with Crippen LogP contribution in [0.25, 0.3) is 0 Å². The van der Waals surface area contributed by atoms with Crippen molar-refractivity contribution < 1.29 is 4.79 Å². The van der Waals surface area contributed by atoms with Gasteiger partial charge in [0, 0.05) is 12.6 Å². The molecule has 1 aliphatic rings. The Bertz CT molecular complexity index is 233. The van der Waals surface area contributed by atoms with Crippen LogP contribution >= 0.6 is 15.9 Å². The van der Waals surface area contributed by atoms with Crippen molar-refractivity contribution in [1.29, 1.82) is 0 Å². The maximum absolute atomic E-state index is 11.8. The van der Waals surface area contributed by atoms with Gasteiger partial charge >= 0.3 is 0 Å². The van der Waals surface area contributed by atoms with Crippen LogP contribution in [0.5, 0.6) is 0 Å². The highest BCUT2D eigenvalue weighted by atomic mass is 79.9. The number of piperidine rings is 1. The summed E-state index contributed by atoms with van der Waals surface area (Å²) in [6.07, 6.45) is 3.77. The van der Waals surface area contributed by atoms with Crippen LogP contribution in [0.4, 0.5) is 0 Å². The van der Waals surface area contributed by atoms with Gasteiger partial charge in [-0.25, -0.2) is 0 Å². The molecule has 1 N–H and O–H groups in total. The van der Waals surface area contributed by atoms with E-state index in [2.05, 4.69) is 33.2 Å². The van der Waals surface area contributed by atoms with Crippen LogP contribution in [0.2, 0.25) is 0 Å². The smallest absolute Gasteiger partial charge is 0.234 e. The van der Waals surface area contributed by atoms with Gasteiger partial charge in [0.1, 0.15) is 0 Å². The summed E-state index contributed by atoms with van der Waals surface area (Å²) in [6.45, 7) is 6.03. The van der Waals surface area contributed by atoms with Gasteiger partial charge in [-0.05, 0) is 32.4 Å². The number of hydrogen-bond acceptors (Lipinski definition) is 2. The second kappa shape index (κ2) is 6.60. The summed E-state index contributed by atoms with van der Waals surface area (Å²) in [4.78, 5) is 14.0. The monoisotopic (exact) mass is 290 g/mol. The van der Waals surface area contributed by atoms with Gasteiger partial charge in [-0.15, -0.1) is 0 Å². The molecular weight excluding hydrogens is 268 g/mol. The topological polar surface area (TPSA) is 32.3 Å². The van der Waals surface area contributed by atoms with Crippen LogP contribution in [0.1, 0.15) is 33.1 Å². The van der Waals surface area contributed by atoms with Gasteiger partial charge in [0.15, 0.2) is 0 Å². The van der Waals surface area contributed by atoms with Crippen LogP contribution < -0.4 is 5.32 Å². The number of nitrogens with one attached hydrogen (secondary N) is 1. The van der Waals surface area contributed by atoms with Gasteiger partial charge in [0.2, 0.25) is 5.91 Å². The summed E-state index contributed by atoms with van der Waals surface area (Å²) in [5, 5.41) is 3.04. The highest BCUT2D eigenvalue weighted by Crippen LogP contribution is 2.15. The lowest BCUT2D eigenvalue weighted by molar-refractivity contribution is -0.121. The summed E-state index contributed by atoms with van der Waals surface area (Å²) in [6, 6.07) is 0.518. The molecule has 0 bridgehead atoms. The van der Waals surface area contributed by atoms with Crippen LogP contribution in [0.15, 0.2) is 0 Å². The van der Waals surface area contributed by atoms with Gasteiger partial charge in [-0.2, -0.15) is 0 Å². The Hall–Kier alpha value is -0.0900. The quantitative estimate of drug-likeness (QED) is 0.804. The second-order valence-corrected chi connectivity index (χ2v) is 6.01. The number of halogens is 1. The van der Waals surface area contributed by atoms with Gasteiger partial charge in [0.05, 0.1) is 4.83 Å². The van der Waals surface area contributed by atoms with Crippen molar-refractivity contribution in [2.24, 2.45) is 5.92 Å². The average Bonchev–Trinajstić information content (AvgIpc) is 2.26. The van der Waals surface area contributed by atoms with E-state index < -0.39 is 0 Å². The van der Waals surface area contributed by atoms with E-state index in [1.807, 2.05) is 13.8 Å². The lowest BCUT2D eigenvalue weighted by atomic mass is 10.0. The van der Waals surface area contributed by atoms with Crippen LogP contribution in [0, 0.1) is 5.92 Å². The summed E-state index contributed by atoms with van der Waals surface area (Å²) in [7, 11) is 2.14. The molecule has 0 aliphatic carbocycles. The van der Waals surface area contributed by atoms with Crippen LogP contribution in [0.3, 0.4) is 0 Å². The number of carbonyl (C=O) groups is 1. The normalized spacial score (nSPS) is 24.4. The van der Waals surface area contributed by atoms with Gasteiger partial charge in [-0.3, -0.25) is 4.79 Å². The van der Waals surface area contributed by atoms with Crippen molar-refractivity contribution in [3.8, 4) is 0 Å². The summed E-state index contributed by atoms with van der Waals surface area (Å²) >= 11 is 3.42. The highest BCUT2D eigenvalue weighted by molar-refractivity contribution is 9.10. The van der Waals surface area contributed by atoms with Gasteiger partial charge < -0.3 is 10.2 Å². The Morgan fingerprint density at radius 3 is 2.75 bits per heavy atom. The van der Waals surface area contributed by atoms with Crippen molar-refractivity contribution in [1.82, 2.24) is 10.2 Å². The Kier molecular flexibility index (Phi) is 5.76. The fourth-order valence-electron chi connectivity index (χ4n) is 2.02. The zero-order valence-corrected chi connectivity index (χ0v) is 12.1. The molecule has 0 aromatic carbocycles. The zero-order chi connectivity index (χ0) is 12.1. The lowest BCUT2D eigenvalue weighted by Gasteiger charge is -2.32. The summed E-state index contributed by atoms with van der Waals surface area (Å²) in [5.41, 5.74) is 0. The molecule has 0 aromatic heterocycles. The van der Waals surface area contributed by atoms with E-state index in [1.165, 1.54) is 19.3 Å². The molecule has 2 atom stereocenters. The SMILES string of the molecule is CC(C)C(Br)C(=O)NCC1CCCCN1C. The maximum Gasteiger partial charge on any atom is 0.234 e. The zero-order valence-electron chi connectivity index (χ0n) is 10.5. The molecule has 1 heterocycles. The molecule has 1 aliphatic heterocycles. The van der Waals surface area contributed by atoms with Crippen LogP contribution in [-0.2, 0) is 4.79 Å². The van der Waals surface area contributed by atoms with E-state index in [0.29, 0.717) is 12.0 Å². The Morgan fingerprint density at radius 2 is 2.19 bits per heavy atom. The minimum absolute atomic E-state index is 0.0682. The third-order valence-corrected chi connectivity index (χ3v) is 4.74. The first-order valence-corrected chi connectivity index (χ1v) is 7.06. The van der Waals surface area contributed by atoms with Crippen molar-refractivity contribution in [2.45, 2.75) is 44.0 Å². The predicted molar refractivity (Wildman–Crippen MR) is 70.8 cm³/mol. The number of rotatable bonds is 4. The van der Waals surface area contributed by atoms with E-state index in [1.54, 1.807) is 0 Å². The summed E-state index contributed by atoms with van der Waals surface area (Å²) < 4.78 is 0. The largest absolute Gasteiger partial charge is 0.354 e. The molecule has 0 radical (unpaired) electrons. The Balaban J connectivity index is 2.30. The van der Waals surface area contributed by atoms with E-state index >= 15 is 0 Å². The molecule has 0 spiro atoms. The molecule has 16 heavy (non-hydrogen) atoms. The maximum atomic E-state index is 11.8. The number of likely N-dealkylation sites (tertiary alicyclic amines) is 1. The van der Waals surface area contributed by atoms with E-state index in [-0.39, 0.29) is 10.7 Å². The minimum atomic E-state index is -0.0682.